The molecule has 3 atom stereocenters. The zero-order chi connectivity index (χ0) is 17.9. The number of fused-ring (bicyclic) bond motifs is 1. The van der Waals surface area contributed by atoms with Crippen molar-refractivity contribution < 1.29 is 9.53 Å². The van der Waals surface area contributed by atoms with E-state index >= 15 is 0 Å². The van der Waals surface area contributed by atoms with Gasteiger partial charge in [-0.2, -0.15) is 0 Å². The van der Waals surface area contributed by atoms with E-state index in [1.54, 1.807) is 0 Å². The van der Waals surface area contributed by atoms with Crippen LogP contribution in [0.25, 0.3) is 0 Å². The van der Waals surface area contributed by atoms with E-state index in [1.165, 1.54) is 19.3 Å². The molecule has 1 aliphatic heterocycles. The Balaban J connectivity index is 1.47. The van der Waals surface area contributed by atoms with Gasteiger partial charge < -0.3 is 15.4 Å². The fourth-order valence-corrected chi connectivity index (χ4v) is 4.15. The number of nitrogens with one attached hydrogen (secondary N) is 2. The molecule has 4 rings (SSSR count). The third kappa shape index (κ3) is 3.41. The van der Waals surface area contributed by atoms with Crippen LogP contribution in [0.4, 0.5) is 10.5 Å². The van der Waals surface area contributed by atoms with Crippen LogP contribution in [0.3, 0.4) is 0 Å². The van der Waals surface area contributed by atoms with Crippen LogP contribution in [0.1, 0.15) is 43.4 Å². The van der Waals surface area contributed by atoms with E-state index in [9.17, 15) is 4.79 Å². The molecule has 2 unspecified atom stereocenters. The number of hydrogen-bond acceptors (Lipinski definition) is 3. The Morgan fingerprint density at radius 2 is 1.85 bits per heavy atom. The standard InChI is InChI=1S/C22H26N2O2/c1-15-20(17-10-7-11-17)23-19-13-6-5-12-18(19)21(15)24-22(25)26-14-16-8-3-2-4-9-16/h2-6,8-9,12-13,15,17,20-21,23H,7,10-11,14H2,1H3,(H,24,25)/t15-,20?,21?/m0/s1. The Labute approximate surface area is 155 Å². The van der Waals surface area contributed by atoms with E-state index in [2.05, 4.69) is 29.7 Å². The lowest BCUT2D eigenvalue weighted by molar-refractivity contribution is 0.125. The van der Waals surface area contributed by atoms with Crippen molar-refractivity contribution in [2.75, 3.05) is 5.32 Å². The van der Waals surface area contributed by atoms with Gasteiger partial charge in [0, 0.05) is 17.6 Å². The highest BCUT2D eigenvalue weighted by atomic mass is 16.5. The fourth-order valence-electron chi connectivity index (χ4n) is 4.15. The number of anilines is 1. The van der Waals surface area contributed by atoms with Gasteiger partial charge in [0.1, 0.15) is 6.61 Å². The summed E-state index contributed by atoms with van der Waals surface area (Å²) in [6.07, 6.45) is 3.51. The molecule has 26 heavy (non-hydrogen) atoms. The highest BCUT2D eigenvalue weighted by Crippen LogP contribution is 2.43. The van der Waals surface area contributed by atoms with Crippen molar-refractivity contribution in [2.45, 2.75) is 44.9 Å². The number of carbonyl (C=O) groups is 1. The first-order valence-corrected chi connectivity index (χ1v) is 9.55. The van der Waals surface area contributed by atoms with Gasteiger partial charge in [0.05, 0.1) is 6.04 Å². The third-order valence-electron chi connectivity index (χ3n) is 5.85. The minimum Gasteiger partial charge on any atom is -0.445 e. The molecular formula is C22H26N2O2. The molecule has 1 heterocycles. The summed E-state index contributed by atoms with van der Waals surface area (Å²) in [6.45, 7) is 2.52. The van der Waals surface area contributed by atoms with Gasteiger partial charge in [0.15, 0.2) is 0 Å². The smallest absolute Gasteiger partial charge is 0.407 e. The first-order valence-electron chi connectivity index (χ1n) is 9.55. The molecule has 2 aromatic carbocycles. The number of rotatable bonds is 4. The maximum absolute atomic E-state index is 12.4. The van der Waals surface area contributed by atoms with E-state index in [4.69, 9.17) is 4.74 Å². The first-order chi connectivity index (χ1) is 12.7. The molecule has 0 aromatic heterocycles. The van der Waals surface area contributed by atoms with Gasteiger partial charge in [-0.3, -0.25) is 0 Å². The van der Waals surface area contributed by atoms with Gasteiger partial charge >= 0.3 is 6.09 Å². The van der Waals surface area contributed by atoms with Crippen molar-refractivity contribution in [3.63, 3.8) is 0 Å². The Bertz CT molecular complexity index is 758. The zero-order valence-electron chi connectivity index (χ0n) is 15.2. The molecule has 4 nitrogen and oxygen atoms in total. The molecule has 1 amide bonds. The minimum atomic E-state index is -0.352. The van der Waals surface area contributed by atoms with E-state index < -0.39 is 0 Å². The summed E-state index contributed by atoms with van der Waals surface area (Å²) < 4.78 is 5.46. The van der Waals surface area contributed by atoms with Crippen molar-refractivity contribution in [1.29, 1.82) is 0 Å². The maximum atomic E-state index is 12.4. The summed E-state index contributed by atoms with van der Waals surface area (Å²) in [5.74, 6) is 1.02. The number of para-hydroxylation sites is 1. The molecule has 136 valence electrons. The first kappa shape index (κ1) is 17.0. The second-order valence-corrected chi connectivity index (χ2v) is 7.49. The lowest BCUT2D eigenvalue weighted by atomic mass is 9.70. The molecular weight excluding hydrogens is 324 g/mol. The zero-order valence-corrected chi connectivity index (χ0v) is 15.2. The second-order valence-electron chi connectivity index (χ2n) is 7.49. The van der Waals surface area contributed by atoms with Crippen LogP contribution in [0, 0.1) is 11.8 Å². The van der Waals surface area contributed by atoms with Crippen LogP contribution in [0.2, 0.25) is 0 Å². The van der Waals surface area contributed by atoms with Crippen LogP contribution < -0.4 is 10.6 Å². The number of alkyl carbamates (subject to hydrolysis) is 1. The SMILES string of the molecule is C[C@@H]1C(NC(=O)OCc2ccccc2)c2ccccc2NC1C1CCC1. The van der Waals surface area contributed by atoms with Crippen LogP contribution in [0.15, 0.2) is 54.6 Å². The number of hydrogen-bond donors (Lipinski definition) is 2. The summed E-state index contributed by atoms with van der Waals surface area (Å²) in [5, 5.41) is 6.84. The topological polar surface area (TPSA) is 50.4 Å². The molecule has 1 saturated carbocycles. The van der Waals surface area contributed by atoms with E-state index in [0.29, 0.717) is 24.5 Å². The molecule has 2 aromatic rings. The molecule has 2 aliphatic rings. The lowest BCUT2D eigenvalue weighted by Gasteiger charge is -2.45. The van der Waals surface area contributed by atoms with Crippen LogP contribution in [-0.4, -0.2) is 12.1 Å². The molecule has 0 saturated heterocycles. The van der Waals surface area contributed by atoms with Gasteiger partial charge in [-0.15, -0.1) is 0 Å². The summed E-state index contributed by atoms with van der Waals surface area (Å²) in [5.41, 5.74) is 3.27. The maximum Gasteiger partial charge on any atom is 0.407 e. The Kier molecular flexibility index (Phi) is 4.83. The number of carbonyl (C=O) groups excluding carboxylic acids is 1. The normalized spacial score (nSPS) is 24.7. The molecule has 2 N–H and O–H groups in total. The van der Waals surface area contributed by atoms with Crippen LogP contribution in [-0.2, 0) is 11.3 Å². The predicted molar refractivity (Wildman–Crippen MR) is 103 cm³/mol. The Morgan fingerprint density at radius 1 is 1.12 bits per heavy atom. The molecule has 1 fully saturated rings. The summed E-state index contributed by atoms with van der Waals surface area (Å²) in [7, 11) is 0. The summed E-state index contributed by atoms with van der Waals surface area (Å²) in [6, 6.07) is 18.4. The highest BCUT2D eigenvalue weighted by molar-refractivity contribution is 5.69. The van der Waals surface area contributed by atoms with Crippen molar-refractivity contribution in [3.05, 3.63) is 65.7 Å². The highest BCUT2D eigenvalue weighted by Gasteiger charge is 2.40. The van der Waals surface area contributed by atoms with Gasteiger partial charge in [-0.1, -0.05) is 61.9 Å². The number of ether oxygens (including phenoxy) is 1. The Morgan fingerprint density at radius 3 is 2.58 bits per heavy atom. The van der Waals surface area contributed by atoms with E-state index in [-0.39, 0.29) is 12.1 Å². The fraction of sp³-hybridized carbons (Fsp3) is 0.409. The minimum absolute atomic E-state index is 0.0266. The van der Waals surface area contributed by atoms with E-state index in [1.807, 2.05) is 42.5 Å². The molecule has 4 heteroatoms. The number of amides is 1. The number of benzene rings is 2. The largest absolute Gasteiger partial charge is 0.445 e. The molecule has 0 radical (unpaired) electrons. The average molecular weight is 350 g/mol. The van der Waals surface area contributed by atoms with Crippen molar-refractivity contribution in [2.24, 2.45) is 11.8 Å². The van der Waals surface area contributed by atoms with Crippen LogP contribution >= 0.6 is 0 Å². The van der Waals surface area contributed by atoms with Crippen molar-refractivity contribution >= 4 is 11.8 Å². The summed E-state index contributed by atoms with van der Waals surface area (Å²) >= 11 is 0. The molecule has 0 bridgehead atoms. The van der Waals surface area contributed by atoms with Gasteiger partial charge in [0.25, 0.3) is 0 Å². The van der Waals surface area contributed by atoms with Crippen molar-refractivity contribution in [1.82, 2.24) is 5.32 Å². The van der Waals surface area contributed by atoms with Crippen molar-refractivity contribution in [3.8, 4) is 0 Å². The quantitative estimate of drug-likeness (QED) is 0.826. The Hall–Kier alpha value is -2.49. The average Bonchev–Trinajstić information content (AvgIpc) is 2.63. The summed E-state index contributed by atoms with van der Waals surface area (Å²) in [4.78, 5) is 12.4. The van der Waals surface area contributed by atoms with E-state index in [0.717, 1.165) is 16.8 Å². The second kappa shape index (κ2) is 7.40. The van der Waals surface area contributed by atoms with Gasteiger partial charge in [-0.25, -0.2) is 4.79 Å². The third-order valence-corrected chi connectivity index (χ3v) is 5.85. The molecule has 0 spiro atoms. The van der Waals surface area contributed by atoms with Crippen LogP contribution in [0.5, 0.6) is 0 Å². The van der Waals surface area contributed by atoms with Gasteiger partial charge in [0.2, 0.25) is 0 Å². The predicted octanol–water partition coefficient (Wildman–Crippen LogP) is 4.88. The van der Waals surface area contributed by atoms with Gasteiger partial charge in [-0.05, 0) is 36.0 Å². The lowest BCUT2D eigenvalue weighted by Crippen LogP contribution is -2.48. The monoisotopic (exact) mass is 350 g/mol. The molecule has 1 aliphatic carbocycles.